The van der Waals surface area contributed by atoms with E-state index in [-0.39, 0.29) is 5.57 Å². The summed E-state index contributed by atoms with van der Waals surface area (Å²) in [6.07, 6.45) is 4.42. The molecule has 1 aliphatic heterocycles. The third kappa shape index (κ3) is 3.72. The van der Waals surface area contributed by atoms with E-state index in [1.165, 1.54) is 18.5 Å². The topological polar surface area (TPSA) is 82.6 Å². The van der Waals surface area contributed by atoms with Crippen LogP contribution in [0.5, 0.6) is 0 Å². The van der Waals surface area contributed by atoms with Crippen LogP contribution in [0.2, 0.25) is 0 Å². The third-order valence-electron chi connectivity index (χ3n) is 4.34. The minimum Gasteiger partial charge on any atom is -0.372 e. The van der Waals surface area contributed by atoms with E-state index in [9.17, 15) is 14.4 Å². The number of barbiturate groups is 1. The largest absolute Gasteiger partial charge is 0.372 e. The highest BCUT2D eigenvalue weighted by atomic mass is 16.2. The Morgan fingerprint density at radius 1 is 1.07 bits per heavy atom. The van der Waals surface area contributed by atoms with E-state index >= 15 is 0 Å². The van der Waals surface area contributed by atoms with Gasteiger partial charge in [-0.15, -0.1) is 0 Å². The van der Waals surface area contributed by atoms with E-state index < -0.39 is 17.8 Å². The van der Waals surface area contributed by atoms with Crippen LogP contribution < -0.4 is 15.1 Å². The van der Waals surface area contributed by atoms with Gasteiger partial charge in [0.05, 0.1) is 11.9 Å². The van der Waals surface area contributed by atoms with Crippen LogP contribution in [0.25, 0.3) is 6.08 Å². The molecule has 0 aliphatic carbocycles. The predicted molar refractivity (Wildman–Crippen MR) is 103 cm³/mol. The summed E-state index contributed by atoms with van der Waals surface area (Å²) >= 11 is 0. The molecular formula is C20H20N4O3. The van der Waals surface area contributed by atoms with Crippen LogP contribution >= 0.6 is 0 Å². The Morgan fingerprint density at radius 3 is 2.37 bits per heavy atom. The van der Waals surface area contributed by atoms with Crippen molar-refractivity contribution in [3.05, 3.63) is 59.9 Å². The van der Waals surface area contributed by atoms with Crippen molar-refractivity contribution in [2.45, 2.75) is 13.8 Å². The quantitative estimate of drug-likeness (QED) is 0.651. The lowest BCUT2D eigenvalue weighted by Gasteiger charge is -2.26. The van der Waals surface area contributed by atoms with Gasteiger partial charge in [-0.2, -0.15) is 0 Å². The summed E-state index contributed by atoms with van der Waals surface area (Å²) < 4.78 is 0. The number of carbonyl (C=O) groups excluding carboxylic acids is 3. The van der Waals surface area contributed by atoms with E-state index in [0.717, 1.165) is 23.7 Å². The molecule has 3 rings (SSSR count). The van der Waals surface area contributed by atoms with Gasteiger partial charge in [0.1, 0.15) is 5.57 Å². The van der Waals surface area contributed by atoms with Crippen LogP contribution in [0, 0.1) is 0 Å². The second kappa shape index (κ2) is 7.82. The van der Waals surface area contributed by atoms with Crippen LogP contribution in [0.3, 0.4) is 0 Å². The van der Waals surface area contributed by atoms with Crippen LogP contribution in [0.4, 0.5) is 16.2 Å². The van der Waals surface area contributed by atoms with E-state index in [0.29, 0.717) is 11.3 Å². The van der Waals surface area contributed by atoms with Crippen molar-refractivity contribution in [3.63, 3.8) is 0 Å². The standard InChI is InChI=1S/C20H20N4O3/c1-3-23(4-2)15-9-7-14(8-10-15)12-17-18(25)22-20(27)24(19(17)26)16-6-5-11-21-13-16/h5-13H,3-4H2,1-2H3,(H,22,25,27)/b17-12-. The number of imide groups is 2. The van der Waals surface area contributed by atoms with Gasteiger partial charge in [-0.1, -0.05) is 12.1 Å². The number of rotatable bonds is 5. The number of benzene rings is 1. The van der Waals surface area contributed by atoms with Gasteiger partial charge < -0.3 is 4.90 Å². The predicted octanol–water partition coefficient (Wildman–Crippen LogP) is 2.59. The summed E-state index contributed by atoms with van der Waals surface area (Å²) in [6, 6.07) is 9.96. The van der Waals surface area contributed by atoms with Crippen molar-refractivity contribution in [2.24, 2.45) is 0 Å². The molecule has 0 radical (unpaired) electrons. The Labute approximate surface area is 157 Å². The Balaban J connectivity index is 1.91. The molecule has 0 atom stereocenters. The normalized spacial score (nSPS) is 15.9. The molecule has 2 aromatic rings. The van der Waals surface area contributed by atoms with Gasteiger partial charge >= 0.3 is 6.03 Å². The van der Waals surface area contributed by atoms with E-state index in [1.54, 1.807) is 12.1 Å². The number of pyridine rings is 1. The zero-order valence-corrected chi connectivity index (χ0v) is 15.2. The summed E-state index contributed by atoms with van der Waals surface area (Å²) in [5.41, 5.74) is 1.96. The average molecular weight is 364 g/mol. The van der Waals surface area contributed by atoms with Gasteiger partial charge in [0.2, 0.25) is 0 Å². The molecular weight excluding hydrogens is 344 g/mol. The highest BCUT2D eigenvalue weighted by Crippen LogP contribution is 2.22. The number of urea groups is 1. The molecule has 7 nitrogen and oxygen atoms in total. The Kier molecular flexibility index (Phi) is 5.30. The molecule has 0 saturated carbocycles. The van der Waals surface area contributed by atoms with Gasteiger partial charge in [0.15, 0.2) is 0 Å². The number of carbonyl (C=O) groups is 3. The SMILES string of the molecule is CCN(CC)c1ccc(/C=C2/C(=O)NC(=O)N(c3cccnc3)C2=O)cc1. The molecule has 2 heterocycles. The molecule has 1 aliphatic rings. The fourth-order valence-corrected chi connectivity index (χ4v) is 2.91. The maximum Gasteiger partial charge on any atom is 0.336 e. The van der Waals surface area contributed by atoms with Crippen LogP contribution in [0.15, 0.2) is 54.4 Å². The number of anilines is 2. The Bertz CT molecular complexity index is 887. The maximum absolute atomic E-state index is 12.8. The fourth-order valence-electron chi connectivity index (χ4n) is 2.91. The van der Waals surface area contributed by atoms with Gasteiger partial charge in [-0.05, 0) is 49.8 Å². The number of aromatic nitrogens is 1. The van der Waals surface area contributed by atoms with Gasteiger partial charge in [0.25, 0.3) is 11.8 Å². The first-order valence-electron chi connectivity index (χ1n) is 8.71. The van der Waals surface area contributed by atoms with Crippen LogP contribution in [-0.2, 0) is 9.59 Å². The van der Waals surface area contributed by atoms with Gasteiger partial charge in [0, 0.05) is 25.0 Å². The average Bonchev–Trinajstić information content (AvgIpc) is 2.68. The summed E-state index contributed by atoms with van der Waals surface area (Å²) in [4.78, 5) is 44.1. The number of hydrogen-bond acceptors (Lipinski definition) is 5. The molecule has 0 unspecified atom stereocenters. The lowest BCUT2D eigenvalue weighted by Crippen LogP contribution is -2.54. The zero-order chi connectivity index (χ0) is 19.4. The fraction of sp³-hybridized carbons (Fsp3) is 0.200. The molecule has 0 bridgehead atoms. The lowest BCUT2D eigenvalue weighted by atomic mass is 10.1. The first kappa shape index (κ1) is 18.3. The van der Waals surface area contributed by atoms with E-state index in [4.69, 9.17) is 0 Å². The van der Waals surface area contributed by atoms with Crippen LogP contribution in [0.1, 0.15) is 19.4 Å². The van der Waals surface area contributed by atoms with Crippen molar-refractivity contribution in [1.82, 2.24) is 10.3 Å². The third-order valence-corrected chi connectivity index (χ3v) is 4.34. The van der Waals surface area contributed by atoms with Crippen molar-refractivity contribution < 1.29 is 14.4 Å². The molecule has 4 amide bonds. The monoisotopic (exact) mass is 364 g/mol. The van der Waals surface area contributed by atoms with Gasteiger partial charge in [-0.3, -0.25) is 19.9 Å². The lowest BCUT2D eigenvalue weighted by molar-refractivity contribution is -0.122. The van der Waals surface area contributed by atoms with Crippen LogP contribution in [-0.4, -0.2) is 35.9 Å². The van der Waals surface area contributed by atoms with E-state index in [1.807, 2.05) is 24.3 Å². The molecule has 7 heteroatoms. The molecule has 1 fully saturated rings. The minimum atomic E-state index is -0.785. The smallest absolute Gasteiger partial charge is 0.336 e. The van der Waals surface area contributed by atoms with Gasteiger partial charge in [-0.25, -0.2) is 9.69 Å². The van der Waals surface area contributed by atoms with Crippen molar-refractivity contribution >= 4 is 35.3 Å². The first-order chi connectivity index (χ1) is 13.0. The summed E-state index contributed by atoms with van der Waals surface area (Å²) in [7, 11) is 0. The van der Waals surface area contributed by atoms with Crippen molar-refractivity contribution in [2.75, 3.05) is 22.9 Å². The van der Waals surface area contributed by atoms with E-state index in [2.05, 4.69) is 29.0 Å². The number of nitrogens with one attached hydrogen (secondary N) is 1. The molecule has 1 aromatic carbocycles. The number of nitrogens with zero attached hydrogens (tertiary/aromatic N) is 3. The van der Waals surface area contributed by atoms with Crippen molar-refractivity contribution in [1.29, 1.82) is 0 Å². The minimum absolute atomic E-state index is 0.103. The zero-order valence-electron chi connectivity index (χ0n) is 15.2. The molecule has 138 valence electrons. The molecule has 1 aromatic heterocycles. The molecule has 27 heavy (non-hydrogen) atoms. The number of amides is 4. The maximum atomic E-state index is 12.8. The summed E-state index contributed by atoms with van der Waals surface area (Å²) in [6.45, 7) is 5.93. The highest BCUT2D eigenvalue weighted by molar-refractivity contribution is 6.39. The molecule has 1 N–H and O–H groups in total. The summed E-state index contributed by atoms with van der Waals surface area (Å²) in [5.74, 6) is -1.39. The van der Waals surface area contributed by atoms with Crippen molar-refractivity contribution in [3.8, 4) is 0 Å². The Hall–Kier alpha value is -3.48. The first-order valence-corrected chi connectivity index (χ1v) is 8.71. The highest BCUT2D eigenvalue weighted by Gasteiger charge is 2.36. The molecule has 1 saturated heterocycles. The Morgan fingerprint density at radius 2 is 1.78 bits per heavy atom. The molecule has 0 spiro atoms. The number of hydrogen-bond donors (Lipinski definition) is 1. The summed E-state index contributed by atoms with van der Waals surface area (Å²) in [5, 5.41) is 2.20. The second-order valence-corrected chi connectivity index (χ2v) is 5.93. The second-order valence-electron chi connectivity index (χ2n) is 5.93.